The molecule has 3 aromatic rings. The number of nitrogens with zero attached hydrogens (tertiary/aromatic N) is 6. The summed E-state index contributed by atoms with van der Waals surface area (Å²) in [5.74, 6) is 0.460. The Balaban J connectivity index is 1.28. The quantitative estimate of drug-likeness (QED) is 0.552. The third-order valence-corrected chi connectivity index (χ3v) is 6.42. The van der Waals surface area contributed by atoms with E-state index < -0.39 is 17.6 Å². The molecule has 1 saturated heterocycles. The van der Waals surface area contributed by atoms with E-state index in [-0.39, 0.29) is 17.8 Å². The van der Waals surface area contributed by atoms with E-state index in [1.165, 1.54) is 4.68 Å². The van der Waals surface area contributed by atoms with E-state index in [2.05, 4.69) is 30.3 Å². The molecule has 0 amide bonds. The highest BCUT2D eigenvalue weighted by atomic mass is 19.4. The van der Waals surface area contributed by atoms with Gasteiger partial charge < -0.3 is 15.0 Å². The Bertz CT molecular complexity index is 1180. The van der Waals surface area contributed by atoms with Gasteiger partial charge in [-0.2, -0.15) is 18.2 Å². The molecule has 180 valence electrons. The second kappa shape index (κ2) is 8.41. The van der Waals surface area contributed by atoms with Gasteiger partial charge in [0.05, 0.1) is 5.56 Å². The van der Waals surface area contributed by atoms with Gasteiger partial charge in [-0.1, -0.05) is 0 Å². The summed E-state index contributed by atoms with van der Waals surface area (Å²) in [6, 6.07) is 4.61. The maximum atomic E-state index is 13.6. The molecule has 0 unspecified atom stereocenters. The first kappa shape index (κ1) is 22.4. The number of rotatable bonds is 5. The summed E-state index contributed by atoms with van der Waals surface area (Å²) in [7, 11) is 1.58. The second-order valence-electron chi connectivity index (χ2n) is 8.77. The van der Waals surface area contributed by atoms with Crippen molar-refractivity contribution < 1.29 is 22.3 Å². The van der Waals surface area contributed by atoms with Gasteiger partial charge in [-0.3, -0.25) is 0 Å². The topological polar surface area (TPSA) is 81.0 Å². The molecular weight excluding hydrogens is 454 g/mol. The fourth-order valence-electron chi connectivity index (χ4n) is 4.82. The van der Waals surface area contributed by atoms with Gasteiger partial charge in [0, 0.05) is 37.9 Å². The Morgan fingerprint density at radius 2 is 1.82 bits per heavy atom. The van der Waals surface area contributed by atoms with Gasteiger partial charge in [0.25, 0.3) is 0 Å². The Labute approximate surface area is 193 Å². The number of halogens is 4. The van der Waals surface area contributed by atoms with Crippen LogP contribution in [0.2, 0.25) is 0 Å². The lowest BCUT2D eigenvalue weighted by atomic mass is 9.92. The number of benzene rings is 1. The van der Waals surface area contributed by atoms with Crippen molar-refractivity contribution in [2.45, 2.75) is 32.0 Å². The minimum absolute atomic E-state index is 0.00322. The Hall–Kier alpha value is -3.44. The maximum absolute atomic E-state index is 13.6. The zero-order valence-corrected chi connectivity index (χ0v) is 18.6. The van der Waals surface area contributed by atoms with Crippen LogP contribution in [0, 0.1) is 24.6 Å². The van der Waals surface area contributed by atoms with Gasteiger partial charge in [0.2, 0.25) is 5.95 Å². The molecule has 8 nitrogen and oxygen atoms in total. The molecule has 1 saturated carbocycles. The van der Waals surface area contributed by atoms with Crippen LogP contribution in [-0.4, -0.2) is 43.9 Å². The van der Waals surface area contributed by atoms with Crippen molar-refractivity contribution in [1.82, 2.24) is 24.7 Å². The first-order valence-corrected chi connectivity index (χ1v) is 10.9. The van der Waals surface area contributed by atoms with Crippen molar-refractivity contribution in [2.75, 3.05) is 23.3 Å². The summed E-state index contributed by atoms with van der Waals surface area (Å²) >= 11 is 0. The number of alkyl halides is 3. The average Bonchev–Trinajstić information content (AvgIpc) is 3.21. The van der Waals surface area contributed by atoms with Crippen LogP contribution >= 0.6 is 0 Å². The summed E-state index contributed by atoms with van der Waals surface area (Å²) < 4.78 is 59.4. The number of aromatic nitrogens is 5. The monoisotopic (exact) mass is 477 g/mol. The highest BCUT2D eigenvalue weighted by Crippen LogP contribution is 2.40. The van der Waals surface area contributed by atoms with Crippen LogP contribution in [-0.2, 0) is 13.2 Å². The number of nitrogens with one attached hydrogen (secondary N) is 1. The molecular formula is C22H23F4N7O. The average molecular weight is 477 g/mol. The predicted molar refractivity (Wildman–Crippen MR) is 115 cm³/mol. The molecule has 5 rings (SSSR count). The minimum atomic E-state index is -4.82. The number of anilines is 2. The van der Waals surface area contributed by atoms with E-state index in [1.54, 1.807) is 13.4 Å². The van der Waals surface area contributed by atoms with Crippen molar-refractivity contribution in [2.24, 2.45) is 18.9 Å². The van der Waals surface area contributed by atoms with E-state index in [0.717, 1.165) is 49.6 Å². The molecule has 1 aliphatic carbocycles. The smallest absolute Gasteiger partial charge is 0.419 e. The molecule has 3 atom stereocenters. The predicted octanol–water partition coefficient (Wildman–Crippen LogP) is 4.19. The van der Waals surface area contributed by atoms with Crippen LogP contribution in [0.4, 0.5) is 29.3 Å². The van der Waals surface area contributed by atoms with Crippen LogP contribution in [0.1, 0.15) is 24.1 Å². The van der Waals surface area contributed by atoms with Crippen molar-refractivity contribution in [3.8, 4) is 11.8 Å². The van der Waals surface area contributed by atoms with E-state index in [1.807, 2.05) is 13.0 Å². The highest BCUT2D eigenvalue weighted by Gasteiger charge is 2.43. The molecule has 1 aromatic carbocycles. The molecule has 2 aromatic heterocycles. The van der Waals surface area contributed by atoms with Crippen LogP contribution in [0.5, 0.6) is 11.8 Å². The normalized spacial score (nSPS) is 22.2. The molecule has 3 heterocycles. The highest BCUT2D eigenvalue weighted by molar-refractivity contribution is 5.42. The molecule has 1 N–H and O–H groups in total. The van der Waals surface area contributed by atoms with Crippen LogP contribution in [0.15, 0.2) is 30.6 Å². The fourth-order valence-corrected chi connectivity index (χ4v) is 4.82. The maximum Gasteiger partial charge on any atom is 0.419 e. The summed E-state index contributed by atoms with van der Waals surface area (Å²) in [5, 5.41) is 7.71. The largest absolute Gasteiger partial charge is 0.424 e. The zero-order valence-electron chi connectivity index (χ0n) is 18.6. The van der Waals surface area contributed by atoms with Crippen molar-refractivity contribution in [3.05, 3.63) is 47.7 Å². The summed E-state index contributed by atoms with van der Waals surface area (Å²) in [4.78, 5) is 15.2. The van der Waals surface area contributed by atoms with Gasteiger partial charge in [-0.15, -0.1) is 5.10 Å². The van der Waals surface area contributed by atoms with E-state index in [0.29, 0.717) is 23.9 Å². The summed E-state index contributed by atoms with van der Waals surface area (Å²) in [6.45, 7) is 3.63. The van der Waals surface area contributed by atoms with Gasteiger partial charge >= 0.3 is 12.2 Å². The molecule has 2 aliphatic rings. The third-order valence-electron chi connectivity index (χ3n) is 6.42. The molecule has 34 heavy (non-hydrogen) atoms. The Kier molecular flexibility index (Phi) is 5.53. The minimum Gasteiger partial charge on any atom is -0.424 e. The van der Waals surface area contributed by atoms with Crippen molar-refractivity contribution in [3.63, 3.8) is 0 Å². The lowest BCUT2D eigenvalue weighted by Gasteiger charge is -2.38. The van der Waals surface area contributed by atoms with Gasteiger partial charge in [-0.05, 0) is 49.8 Å². The lowest BCUT2D eigenvalue weighted by molar-refractivity contribution is -0.140. The summed E-state index contributed by atoms with van der Waals surface area (Å²) in [6.07, 6.45) is -1.12. The van der Waals surface area contributed by atoms with E-state index >= 15 is 0 Å². The number of hydrogen-bond donors (Lipinski definition) is 1. The molecule has 0 spiro atoms. The van der Waals surface area contributed by atoms with Crippen LogP contribution in [0.25, 0.3) is 0 Å². The van der Waals surface area contributed by atoms with Gasteiger partial charge in [0.1, 0.15) is 23.7 Å². The van der Waals surface area contributed by atoms with Crippen molar-refractivity contribution >= 4 is 11.8 Å². The Morgan fingerprint density at radius 1 is 1.09 bits per heavy atom. The first-order valence-electron chi connectivity index (χ1n) is 10.9. The molecule has 0 radical (unpaired) electrons. The second-order valence-corrected chi connectivity index (χ2v) is 8.77. The van der Waals surface area contributed by atoms with Crippen molar-refractivity contribution in [1.29, 1.82) is 0 Å². The standard InChI is InChI=1S/C22H23F4N7O/c1-12-7-18(28-11-27-12)33-9-13-3-4-14(10-33)19(13)29-20-30-21(32(2)31-20)34-15-5-6-17(23)16(8-15)22(24,25)26/h5-8,11,13-14,19H,3-4,9-10H2,1-2H3,(H,29,31)/t13-,14+,19-. The van der Waals surface area contributed by atoms with Gasteiger partial charge in [0.15, 0.2) is 0 Å². The SMILES string of the molecule is Cc1cc(N2C[C@H]3CC[C@@H](C2)[C@@H]3Nc2nc(Oc3ccc(F)c(C(F)(F)F)c3)n(C)n2)ncn1. The van der Waals surface area contributed by atoms with E-state index in [4.69, 9.17) is 4.74 Å². The Morgan fingerprint density at radius 3 is 2.50 bits per heavy atom. The van der Waals surface area contributed by atoms with E-state index in [9.17, 15) is 17.6 Å². The number of aryl methyl sites for hydroxylation is 2. The first-order chi connectivity index (χ1) is 16.2. The third kappa shape index (κ3) is 4.36. The number of ether oxygens (including phenoxy) is 1. The molecule has 2 fully saturated rings. The summed E-state index contributed by atoms with van der Waals surface area (Å²) in [5.41, 5.74) is -0.473. The van der Waals surface area contributed by atoms with Crippen LogP contribution < -0.4 is 15.0 Å². The van der Waals surface area contributed by atoms with Crippen LogP contribution in [0.3, 0.4) is 0 Å². The number of piperidine rings is 1. The van der Waals surface area contributed by atoms with Gasteiger partial charge in [-0.25, -0.2) is 19.0 Å². The molecule has 12 heteroatoms. The zero-order chi connectivity index (χ0) is 24.0. The molecule has 1 aliphatic heterocycles. The number of hydrogen-bond acceptors (Lipinski definition) is 7. The fraction of sp³-hybridized carbons (Fsp3) is 0.455. The number of fused-ring (bicyclic) bond motifs is 2. The lowest BCUT2D eigenvalue weighted by Crippen LogP contribution is -2.48. The molecule has 2 bridgehead atoms.